The highest BCUT2D eigenvalue weighted by Crippen LogP contribution is 2.17. The van der Waals surface area contributed by atoms with E-state index in [2.05, 4.69) is 5.32 Å². The Bertz CT molecular complexity index is 277. The molecule has 1 aliphatic carbocycles. The molecule has 0 aromatic heterocycles. The Labute approximate surface area is 107 Å². The molecule has 18 heavy (non-hydrogen) atoms. The van der Waals surface area contributed by atoms with Crippen molar-refractivity contribution >= 4 is 11.9 Å². The van der Waals surface area contributed by atoms with Gasteiger partial charge in [-0.3, -0.25) is 14.5 Å². The van der Waals surface area contributed by atoms with Crippen LogP contribution in [0.1, 0.15) is 32.1 Å². The number of carbonyl (C=O) groups excluding carboxylic acids is 1. The Hall–Kier alpha value is -1.14. The van der Waals surface area contributed by atoms with Crippen molar-refractivity contribution in [1.29, 1.82) is 0 Å². The van der Waals surface area contributed by atoms with Crippen LogP contribution < -0.4 is 5.32 Å². The fourth-order valence-electron chi connectivity index (χ4n) is 2.21. The van der Waals surface area contributed by atoms with E-state index in [1.54, 1.807) is 4.90 Å². The van der Waals surface area contributed by atoms with Crippen LogP contribution in [0.3, 0.4) is 0 Å². The van der Waals surface area contributed by atoms with E-state index in [1.807, 2.05) is 0 Å². The molecule has 0 saturated heterocycles. The summed E-state index contributed by atoms with van der Waals surface area (Å²) in [5.74, 6) is -0.977. The van der Waals surface area contributed by atoms with Crippen molar-refractivity contribution in [1.82, 2.24) is 10.2 Å². The molecule has 0 aromatic carbocycles. The third kappa shape index (κ3) is 5.97. The molecule has 0 atom stereocenters. The van der Waals surface area contributed by atoms with Gasteiger partial charge in [-0.25, -0.2) is 0 Å². The predicted molar refractivity (Wildman–Crippen MR) is 66.2 cm³/mol. The van der Waals surface area contributed by atoms with Crippen molar-refractivity contribution in [2.24, 2.45) is 0 Å². The zero-order chi connectivity index (χ0) is 13.4. The van der Waals surface area contributed by atoms with Gasteiger partial charge in [0.1, 0.15) is 0 Å². The number of aliphatic hydroxyl groups is 1. The van der Waals surface area contributed by atoms with Crippen LogP contribution in [0.15, 0.2) is 0 Å². The highest BCUT2D eigenvalue weighted by Gasteiger charge is 2.18. The van der Waals surface area contributed by atoms with Crippen LogP contribution in [0, 0.1) is 0 Å². The van der Waals surface area contributed by atoms with Crippen molar-refractivity contribution in [2.45, 2.75) is 38.1 Å². The fraction of sp³-hybridized carbons (Fsp3) is 0.833. The van der Waals surface area contributed by atoms with Gasteiger partial charge in [-0.05, 0) is 12.8 Å². The number of amides is 1. The van der Waals surface area contributed by atoms with E-state index in [1.165, 1.54) is 0 Å². The van der Waals surface area contributed by atoms with E-state index in [0.717, 1.165) is 25.7 Å². The molecule has 1 fully saturated rings. The minimum absolute atomic E-state index is 0.0172. The zero-order valence-electron chi connectivity index (χ0n) is 10.6. The Morgan fingerprint density at radius 3 is 2.44 bits per heavy atom. The van der Waals surface area contributed by atoms with Crippen LogP contribution in [0.5, 0.6) is 0 Å². The van der Waals surface area contributed by atoms with Crippen LogP contribution in [0.25, 0.3) is 0 Å². The van der Waals surface area contributed by atoms with Crippen LogP contribution in [0.4, 0.5) is 0 Å². The second-order valence-electron chi connectivity index (χ2n) is 4.69. The van der Waals surface area contributed by atoms with Gasteiger partial charge in [0, 0.05) is 19.1 Å². The van der Waals surface area contributed by atoms with Crippen molar-refractivity contribution in [2.75, 3.05) is 26.2 Å². The standard InChI is InChI=1S/C12H22N2O4/c15-8-7-14(6-5-12(17)18)9-11(16)13-10-3-1-2-4-10/h10,15H,1-9H2,(H,13,16)(H,17,18). The van der Waals surface area contributed by atoms with Gasteiger partial charge < -0.3 is 15.5 Å². The summed E-state index contributed by atoms with van der Waals surface area (Å²) in [6.45, 7) is 0.694. The van der Waals surface area contributed by atoms with E-state index < -0.39 is 5.97 Å². The van der Waals surface area contributed by atoms with Gasteiger partial charge in [-0.1, -0.05) is 12.8 Å². The first-order valence-electron chi connectivity index (χ1n) is 6.46. The molecule has 1 amide bonds. The topological polar surface area (TPSA) is 89.9 Å². The molecule has 0 radical (unpaired) electrons. The van der Waals surface area contributed by atoms with Gasteiger partial charge in [-0.2, -0.15) is 0 Å². The maximum atomic E-state index is 11.7. The van der Waals surface area contributed by atoms with Crippen LogP contribution in [0.2, 0.25) is 0 Å². The monoisotopic (exact) mass is 258 g/mol. The molecule has 1 rings (SSSR count). The molecule has 6 heteroatoms. The van der Waals surface area contributed by atoms with E-state index in [4.69, 9.17) is 10.2 Å². The molecule has 0 aromatic rings. The maximum Gasteiger partial charge on any atom is 0.304 e. The molecule has 1 aliphatic rings. The van der Waals surface area contributed by atoms with Crippen LogP contribution in [-0.2, 0) is 9.59 Å². The molecule has 0 aliphatic heterocycles. The first-order chi connectivity index (χ1) is 8.61. The smallest absolute Gasteiger partial charge is 0.304 e. The number of carboxylic acid groups (broad SMARTS) is 1. The van der Waals surface area contributed by atoms with E-state index >= 15 is 0 Å². The number of aliphatic hydroxyl groups excluding tert-OH is 1. The fourth-order valence-corrected chi connectivity index (χ4v) is 2.21. The number of hydrogen-bond acceptors (Lipinski definition) is 4. The quantitative estimate of drug-likeness (QED) is 0.561. The summed E-state index contributed by atoms with van der Waals surface area (Å²) in [5.41, 5.74) is 0. The first-order valence-corrected chi connectivity index (χ1v) is 6.46. The molecule has 1 saturated carbocycles. The lowest BCUT2D eigenvalue weighted by atomic mass is 10.2. The van der Waals surface area contributed by atoms with E-state index in [9.17, 15) is 9.59 Å². The van der Waals surface area contributed by atoms with Gasteiger partial charge in [0.05, 0.1) is 19.6 Å². The minimum Gasteiger partial charge on any atom is -0.481 e. The summed E-state index contributed by atoms with van der Waals surface area (Å²) in [6.07, 6.45) is 4.35. The van der Waals surface area contributed by atoms with Gasteiger partial charge in [0.2, 0.25) is 5.91 Å². The largest absolute Gasteiger partial charge is 0.481 e. The van der Waals surface area contributed by atoms with Crippen molar-refractivity contribution < 1.29 is 19.8 Å². The number of rotatable bonds is 8. The summed E-state index contributed by atoms with van der Waals surface area (Å²) < 4.78 is 0. The lowest BCUT2D eigenvalue weighted by Gasteiger charge is -2.21. The van der Waals surface area contributed by atoms with Gasteiger partial charge in [0.15, 0.2) is 0 Å². The lowest BCUT2D eigenvalue weighted by molar-refractivity contribution is -0.137. The summed E-state index contributed by atoms with van der Waals surface area (Å²) in [4.78, 5) is 23.9. The minimum atomic E-state index is -0.894. The average Bonchev–Trinajstić information content (AvgIpc) is 2.78. The van der Waals surface area contributed by atoms with Crippen molar-refractivity contribution in [3.05, 3.63) is 0 Å². The molecule has 0 heterocycles. The number of carboxylic acids is 1. The second kappa shape index (κ2) is 8.05. The average molecular weight is 258 g/mol. The highest BCUT2D eigenvalue weighted by atomic mass is 16.4. The van der Waals surface area contributed by atoms with Crippen molar-refractivity contribution in [3.63, 3.8) is 0 Å². The third-order valence-corrected chi connectivity index (χ3v) is 3.15. The molecule has 0 spiro atoms. The number of aliphatic carboxylic acids is 1. The van der Waals surface area contributed by atoms with E-state index in [-0.39, 0.29) is 38.1 Å². The number of hydrogen-bond donors (Lipinski definition) is 3. The Morgan fingerprint density at radius 2 is 1.89 bits per heavy atom. The Morgan fingerprint density at radius 1 is 1.22 bits per heavy atom. The number of nitrogens with one attached hydrogen (secondary N) is 1. The Kier molecular flexibility index (Phi) is 6.67. The van der Waals surface area contributed by atoms with Crippen molar-refractivity contribution in [3.8, 4) is 0 Å². The highest BCUT2D eigenvalue weighted by molar-refractivity contribution is 5.78. The van der Waals surface area contributed by atoms with Crippen LogP contribution in [-0.4, -0.2) is 59.3 Å². The second-order valence-corrected chi connectivity index (χ2v) is 4.69. The Balaban J connectivity index is 2.29. The third-order valence-electron chi connectivity index (χ3n) is 3.15. The van der Waals surface area contributed by atoms with E-state index in [0.29, 0.717) is 6.54 Å². The molecular weight excluding hydrogens is 236 g/mol. The number of nitrogens with zero attached hydrogens (tertiary/aromatic N) is 1. The lowest BCUT2D eigenvalue weighted by Crippen LogP contribution is -2.42. The molecule has 104 valence electrons. The summed E-state index contributed by atoms with van der Waals surface area (Å²) >= 11 is 0. The number of carbonyl (C=O) groups is 2. The normalized spacial score (nSPS) is 16.1. The molecule has 6 nitrogen and oxygen atoms in total. The summed E-state index contributed by atoms with van der Waals surface area (Å²) in [6, 6.07) is 0.271. The van der Waals surface area contributed by atoms with Gasteiger partial charge >= 0.3 is 5.97 Å². The predicted octanol–water partition coefficient (Wildman–Crippen LogP) is -0.186. The summed E-state index contributed by atoms with van der Waals surface area (Å²) in [7, 11) is 0. The van der Waals surface area contributed by atoms with Gasteiger partial charge in [-0.15, -0.1) is 0 Å². The molecule has 3 N–H and O–H groups in total. The maximum absolute atomic E-state index is 11.7. The SMILES string of the molecule is O=C(O)CCN(CCO)CC(=O)NC1CCCC1. The zero-order valence-corrected chi connectivity index (χ0v) is 10.6. The first kappa shape index (κ1) is 14.9. The molecule has 0 bridgehead atoms. The van der Waals surface area contributed by atoms with Gasteiger partial charge in [0.25, 0.3) is 0 Å². The summed E-state index contributed by atoms with van der Waals surface area (Å²) in [5, 5.41) is 20.4. The molecule has 0 unspecified atom stereocenters. The van der Waals surface area contributed by atoms with Crippen LogP contribution >= 0.6 is 0 Å². The molecular formula is C12H22N2O4.